The third kappa shape index (κ3) is 2.69. The van der Waals surface area contributed by atoms with E-state index in [0.717, 1.165) is 0 Å². The molecule has 0 N–H and O–H groups in total. The topological polar surface area (TPSA) is 27.1 Å². The normalized spacial score (nSPS) is 18.6. The van der Waals surface area contributed by atoms with E-state index in [1.54, 1.807) is 0 Å². The molecule has 1 aromatic heterocycles. The Morgan fingerprint density at radius 2 is 1.90 bits per heavy atom. The summed E-state index contributed by atoms with van der Waals surface area (Å²) >= 11 is 3.32. The van der Waals surface area contributed by atoms with Crippen LogP contribution in [0.3, 0.4) is 0 Å². The lowest BCUT2D eigenvalue weighted by atomic mass is 10.1. The molecule has 0 fully saturated rings. The van der Waals surface area contributed by atoms with Crippen LogP contribution in [-0.4, -0.2) is 22.1 Å². The van der Waals surface area contributed by atoms with Gasteiger partial charge < -0.3 is 4.74 Å². The highest BCUT2D eigenvalue weighted by Gasteiger charge is 2.43. The summed E-state index contributed by atoms with van der Waals surface area (Å²) in [6, 6.07) is 5.59. The van der Waals surface area contributed by atoms with E-state index in [1.807, 2.05) is 0 Å². The highest BCUT2D eigenvalue weighted by molar-refractivity contribution is 9.10. The molecule has 0 amide bonds. The van der Waals surface area contributed by atoms with Gasteiger partial charge in [-0.3, -0.25) is 4.68 Å². The summed E-state index contributed by atoms with van der Waals surface area (Å²) in [5.41, 5.74) is 1.62. The molecule has 0 radical (unpaired) electrons. The standard InChI is InChI=1S/C13H9BrF4N2O/c14-11-9-6-21-10(13(16,17)18)5-20(9)19-12(11)7-1-3-8(15)4-2-7/h1-4,10H,5-6H2. The van der Waals surface area contributed by atoms with Gasteiger partial charge in [0.15, 0.2) is 6.10 Å². The summed E-state index contributed by atoms with van der Waals surface area (Å²) in [6.07, 6.45) is -6.29. The molecule has 3 rings (SSSR count). The number of alkyl halides is 3. The molecule has 0 saturated heterocycles. The van der Waals surface area contributed by atoms with Crippen LogP contribution in [0, 0.1) is 5.82 Å². The van der Waals surface area contributed by atoms with Crippen LogP contribution < -0.4 is 0 Å². The van der Waals surface area contributed by atoms with Crippen LogP contribution in [0.25, 0.3) is 11.3 Å². The van der Waals surface area contributed by atoms with E-state index in [9.17, 15) is 17.6 Å². The van der Waals surface area contributed by atoms with Crippen LogP contribution in [0.2, 0.25) is 0 Å². The van der Waals surface area contributed by atoms with Crippen LogP contribution in [0.4, 0.5) is 17.6 Å². The van der Waals surface area contributed by atoms with E-state index in [2.05, 4.69) is 21.0 Å². The van der Waals surface area contributed by atoms with Gasteiger partial charge in [0.25, 0.3) is 0 Å². The second-order valence-electron chi connectivity index (χ2n) is 4.64. The molecule has 2 heterocycles. The number of ether oxygens (including phenoxy) is 1. The number of nitrogens with zero attached hydrogens (tertiary/aromatic N) is 2. The number of hydrogen-bond donors (Lipinski definition) is 0. The number of halogens is 5. The molecule has 1 aromatic carbocycles. The van der Waals surface area contributed by atoms with E-state index in [4.69, 9.17) is 4.74 Å². The fraction of sp³-hybridized carbons (Fsp3) is 0.308. The summed E-state index contributed by atoms with van der Waals surface area (Å²) in [5, 5.41) is 4.18. The lowest BCUT2D eigenvalue weighted by molar-refractivity contribution is -0.234. The molecular formula is C13H9BrF4N2O. The minimum atomic E-state index is -4.42. The first-order valence-corrected chi connectivity index (χ1v) is 6.85. The van der Waals surface area contributed by atoms with Crippen molar-refractivity contribution in [1.82, 2.24) is 9.78 Å². The van der Waals surface area contributed by atoms with Gasteiger partial charge >= 0.3 is 6.18 Å². The maximum atomic E-state index is 12.9. The Morgan fingerprint density at radius 3 is 2.52 bits per heavy atom. The van der Waals surface area contributed by atoms with Crippen molar-refractivity contribution in [1.29, 1.82) is 0 Å². The van der Waals surface area contributed by atoms with Crippen LogP contribution >= 0.6 is 15.9 Å². The molecule has 1 aliphatic rings. The number of aromatic nitrogens is 2. The highest BCUT2D eigenvalue weighted by Crippen LogP contribution is 2.35. The van der Waals surface area contributed by atoms with Crippen molar-refractivity contribution in [3.63, 3.8) is 0 Å². The average molecular weight is 365 g/mol. The predicted octanol–water partition coefficient (Wildman–Crippen LogP) is 3.91. The van der Waals surface area contributed by atoms with Crippen molar-refractivity contribution in [2.45, 2.75) is 25.4 Å². The van der Waals surface area contributed by atoms with Gasteiger partial charge in [-0.05, 0) is 40.2 Å². The zero-order chi connectivity index (χ0) is 15.2. The molecule has 2 aromatic rings. The predicted molar refractivity (Wildman–Crippen MR) is 70.0 cm³/mol. The van der Waals surface area contributed by atoms with E-state index in [1.165, 1.54) is 28.9 Å². The average Bonchev–Trinajstić information content (AvgIpc) is 2.76. The van der Waals surface area contributed by atoms with E-state index in [-0.39, 0.29) is 12.4 Å². The van der Waals surface area contributed by atoms with Crippen LogP contribution in [0.1, 0.15) is 5.69 Å². The fourth-order valence-electron chi connectivity index (χ4n) is 2.14. The number of benzene rings is 1. The first-order valence-electron chi connectivity index (χ1n) is 6.05. The SMILES string of the molecule is Fc1ccc(-c2nn3c(c2Br)COC(C(F)(F)F)C3)cc1. The molecular weight excluding hydrogens is 356 g/mol. The molecule has 8 heteroatoms. The van der Waals surface area contributed by atoms with Gasteiger partial charge in [0.1, 0.15) is 11.5 Å². The minimum absolute atomic E-state index is 0.182. The summed E-state index contributed by atoms with van der Waals surface area (Å²) in [7, 11) is 0. The molecule has 1 atom stereocenters. The molecule has 3 nitrogen and oxygen atoms in total. The highest BCUT2D eigenvalue weighted by atomic mass is 79.9. The van der Waals surface area contributed by atoms with Crippen molar-refractivity contribution in [2.75, 3.05) is 0 Å². The van der Waals surface area contributed by atoms with Gasteiger partial charge in [-0.15, -0.1) is 0 Å². The van der Waals surface area contributed by atoms with Gasteiger partial charge in [-0.2, -0.15) is 18.3 Å². The Kier molecular flexibility index (Phi) is 3.53. The van der Waals surface area contributed by atoms with Gasteiger partial charge in [0.05, 0.1) is 23.3 Å². The largest absolute Gasteiger partial charge is 0.416 e. The Balaban J connectivity index is 1.97. The van der Waals surface area contributed by atoms with Crippen molar-refractivity contribution in [2.24, 2.45) is 0 Å². The van der Waals surface area contributed by atoms with Crippen molar-refractivity contribution in [3.05, 3.63) is 40.2 Å². The molecule has 1 unspecified atom stereocenters. The maximum Gasteiger partial charge on any atom is 0.416 e. The van der Waals surface area contributed by atoms with Crippen LogP contribution in [0.15, 0.2) is 28.7 Å². The fourth-order valence-corrected chi connectivity index (χ4v) is 2.77. The van der Waals surface area contributed by atoms with Crippen molar-refractivity contribution in [3.8, 4) is 11.3 Å². The van der Waals surface area contributed by atoms with E-state index < -0.39 is 18.8 Å². The molecule has 0 bridgehead atoms. The lowest BCUT2D eigenvalue weighted by Gasteiger charge is -2.26. The molecule has 0 saturated carbocycles. The van der Waals surface area contributed by atoms with Crippen molar-refractivity contribution >= 4 is 15.9 Å². The van der Waals surface area contributed by atoms with Gasteiger partial charge in [-0.25, -0.2) is 4.39 Å². The molecule has 1 aliphatic heterocycles. The molecule has 0 spiro atoms. The van der Waals surface area contributed by atoms with E-state index in [0.29, 0.717) is 21.4 Å². The second kappa shape index (κ2) is 5.10. The summed E-state index contributed by atoms with van der Waals surface area (Å²) < 4.78 is 57.7. The maximum absolute atomic E-state index is 12.9. The zero-order valence-corrected chi connectivity index (χ0v) is 12.1. The second-order valence-corrected chi connectivity index (χ2v) is 5.43. The number of hydrogen-bond acceptors (Lipinski definition) is 2. The molecule has 0 aliphatic carbocycles. The van der Waals surface area contributed by atoms with Gasteiger partial charge in [0.2, 0.25) is 0 Å². The Bertz CT molecular complexity index is 666. The molecule has 21 heavy (non-hydrogen) atoms. The first-order chi connectivity index (χ1) is 9.86. The third-order valence-corrected chi connectivity index (χ3v) is 4.07. The Hall–Kier alpha value is -1.41. The summed E-state index contributed by atoms with van der Waals surface area (Å²) in [5.74, 6) is -0.390. The Morgan fingerprint density at radius 1 is 1.24 bits per heavy atom. The zero-order valence-electron chi connectivity index (χ0n) is 10.5. The number of fused-ring (bicyclic) bond motifs is 1. The molecule has 112 valence electrons. The monoisotopic (exact) mass is 364 g/mol. The minimum Gasteiger partial charge on any atom is -0.360 e. The lowest BCUT2D eigenvalue weighted by Crippen LogP contribution is -2.39. The summed E-state index contributed by atoms with van der Waals surface area (Å²) in [4.78, 5) is 0. The van der Waals surface area contributed by atoms with E-state index >= 15 is 0 Å². The Labute approximate surface area is 125 Å². The van der Waals surface area contributed by atoms with Crippen LogP contribution in [0.5, 0.6) is 0 Å². The van der Waals surface area contributed by atoms with Gasteiger partial charge in [-0.1, -0.05) is 0 Å². The quantitative estimate of drug-likeness (QED) is 0.717. The van der Waals surface area contributed by atoms with Crippen LogP contribution in [-0.2, 0) is 17.9 Å². The van der Waals surface area contributed by atoms with Crippen molar-refractivity contribution < 1.29 is 22.3 Å². The van der Waals surface area contributed by atoms with Gasteiger partial charge in [0, 0.05) is 5.56 Å². The third-order valence-electron chi connectivity index (χ3n) is 3.24. The number of rotatable bonds is 1. The first kappa shape index (κ1) is 14.5. The summed E-state index contributed by atoms with van der Waals surface area (Å²) in [6.45, 7) is -0.572. The smallest absolute Gasteiger partial charge is 0.360 e.